The molecule has 0 radical (unpaired) electrons. The van der Waals surface area contributed by atoms with Crippen LogP contribution in [0.3, 0.4) is 0 Å². The molecular formula is C15H19FN4. The Bertz CT molecular complexity index is 589. The van der Waals surface area contributed by atoms with Crippen LogP contribution in [0.15, 0.2) is 24.4 Å². The summed E-state index contributed by atoms with van der Waals surface area (Å²) in [4.78, 5) is 0. The van der Waals surface area contributed by atoms with Crippen molar-refractivity contribution in [3.63, 3.8) is 0 Å². The number of rotatable bonds is 6. The molecule has 106 valence electrons. The summed E-state index contributed by atoms with van der Waals surface area (Å²) < 4.78 is 16.0. The molecule has 1 aliphatic rings. The van der Waals surface area contributed by atoms with Gasteiger partial charge >= 0.3 is 0 Å². The number of hydrogen-bond acceptors (Lipinski definition) is 3. The maximum atomic E-state index is 14.3. The van der Waals surface area contributed by atoms with E-state index in [4.69, 9.17) is 0 Å². The maximum Gasteiger partial charge on any atom is 0.132 e. The van der Waals surface area contributed by atoms with Crippen LogP contribution in [-0.4, -0.2) is 21.0 Å². The van der Waals surface area contributed by atoms with Crippen LogP contribution in [0.2, 0.25) is 0 Å². The average Bonchev–Trinajstić information content (AvgIpc) is 3.17. The van der Waals surface area contributed by atoms with E-state index in [0.717, 1.165) is 30.8 Å². The van der Waals surface area contributed by atoms with Crippen molar-refractivity contribution in [2.75, 3.05) is 0 Å². The lowest BCUT2D eigenvalue weighted by Crippen LogP contribution is -2.15. The summed E-state index contributed by atoms with van der Waals surface area (Å²) in [7, 11) is 0. The summed E-state index contributed by atoms with van der Waals surface area (Å²) in [5.74, 6) is -0.209. The van der Waals surface area contributed by atoms with Crippen LogP contribution < -0.4 is 5.32 Å². The van der Waals surface area contributed by atoms with Gasteiger partial charge in [-0.15, -0.1) is 5.10 Å². The number of halogens is 1. The van der Waals surface area contributed by atoms with Crippen LogP contribution in [-0.2, 0) is 13.1 Å². The summed E-state index contributed by atoms with van der Waals surface area (Å²) in [5, 5.41) is 11.3. The Morgan fingerprint density at radius 3 is 2.95 bits per heavy atom. The Kier molecular flexibility index (Phi) is 3.78. The Morgan fingerprint density at radius 1 is 1.40 bits per heavy atom. The van der Waals surface area contributed by atoms with Crippen molar-refractivity contribution in [2.24, 2.45) is 0 Å². The molecule has 0 saturated heterocycles. The lowest BCUT2D eigenvalue weighted by molar-refractivity contribution is 0.578. The van der Waals surface area contributed by atoms with E-state index < -0.39 is 0 Å². The molecule has 1 N–H and O–H groups in total. The first-order valence-electron chi connectivity index (χ1n) is 7.18. The Balaban J connectivity index is 1.80. The third-order valence-electron chi connectivity index (χ3n) is 3.53. The van der Waals surface area contributed by atoms with E-state index in [2.05, 4.69) is 22.6 Å². The first-order chi connectivity index (χ1) is 9.78. The minimum Gasteiger partial charge on any atom is -0.310 e. The maximum absolute atomic E-state index is 14.3. The highest BCUT2D eigenvalue weighted by Crippen LogP contribution is 2.24. The van der Waals surface area contributed by atoms with Gasteiger partial charge in [-0.1, -0.05) is 18.2 Å². The topological polar surface area (TPSA) is 42.7 Å². The van der Waals surface area contributed by atoms with Gasteiger partial charge in [0.15, 0.2) is 0 Å². The quantitative estimate of drug-likeness (QED) is 0.880. The van der Waals surface area contributed by atoms with Crippen molar-refractivity contribution in [1.82, 2.24) is 20.3 Å². The number of hydrogen-bond donors (Lipinski definition) is 1. The molecule has 0 atom stereocenters. The van der Waals surface area contributed by atoms with E-state index in [9.17, 15) is 4.39 Å². The smallest absolute Gasteiger partial charge is 0.132 e. The van der Waals surface area contributed by atoms with Gasteiger partial charge in [0.1, 0.15) is 5.82 Å². The second-order valence-electron chi connectivity index (χ2n) is 5.31. The van der Waals surface area contributed by atoms with Gasteiger partial charge in [0, 0.05) is 24.7 Å². The molecule has 0 amide bonds. The molecule has 1 aliphatic carbocycles. The molecule has 4 nitrogen and oxygen atoms in total. The zero-order valence-corrected chi connectivity index (χ0v) is 11.6. The lowest BCUT2D eigenvalue weighted by atomic mass is 10.1. The monoisotopic (exact) mass is 274 g/mol. The standard InChI is InChI=1S/C15H19FN4/c1-2-7-20-15(10-18-19-20)13-6-3-11(8-14(13)16)9-17-12-4-5-12/h3,6,8,10,12,17H,2,4-5,7,9H2,1H3. The minimum absolute atomic E-state index is 0.209. The largest absolute Gasteiger partial charge is 0.310 e. The molecule has 1 saturated carbocycles. The fourth-order valence-corrected chi connectivity index (χ4v) is 2.27. The lowest BCUT2D eigenvalue weighted by Gasteiger charge is -2.08. The zero-order chi connectivity index (χ0) is 13.9. The van der Waals surface area contributed by atoms with Gasteiger partial charge in [-0.2, -0.15) is 0 Å². The fraction of sp³-hybridized carbons (Fsp3) is 0.467. The minimum atomic E-state index is -0.209. The number of benzene rings is 1. The molecule has 1 aromatic carbocycles. The highest BCUT2D eigenvalue weighted by Gasteiger charge is 2.20. The summed E-state index contributed by atoms with van der Waals surface area (Å²) in [6.07, 6.45) is 5.04. The van der Waals surface area contributed by atoms with Gasteiger partial charge in [-0.25, -0.2) is 9.07 Å². The van der Waals surface area contributed by atoms with Crippen LogP contribution in [0.25, 0.3) is 11.3 Å². The molecular weight excluding hydrogens is 255 g/mol. The second kappa shape index (κ2) is 5.71. The number of nitrogens with one attached hydrogen (secondary N) is 1. The molecule has 2 aromatic rings. The van der Waals surface area contributed by atoms with Crippen LogP contribution in [0.4, 0.5) is 4.39 Å². The third kappa shape index (κ3) is 2.88. The van der Waals surface area contributed by atoms with Gasteiger partial charge in [0.25, 0.3) is 0 Å². The summed E-state index contributed by atoms with van der Waals surface area (Å²) in [5.41, 5.74) is 2.29. The third-order valence-corrected chi connectivity index (χ3v) is 3.53. The van der Waals surface area contributed by atoms with Crippen molar-refractivity contribution in [3.8, 4) is 11.3 Å². The van der Waals surface area contributed by atoms with Crippen LogP contribution >= 0.6 is 0 Å². The molecule has 20 heavy (non-hydrogen) atoms. The summed E-state index contributed by atoms with van der Waals surface area (Å²) >= 11 is 0. The van der Waals surface area contributed by atoms with Crippen molar-refractivity contribution >= 4 is 0 Å². The normalized spacial score (nSPS) is 14.7. The molecule has 3 rings (SSSR count). The fourth-order valence-electron chi connectivity index (χ4n) is 2.27. The van der Waals surface area contributed by atoms with Crippen molar-refractivity contribution < 1.29 is 4.39 Å². The average molecular weight is 274 g/mol. The van der Waals surface area contributed by atoms with Crippen LogP contribution in [0.5, 0.6) is 0 Å². The Labute approximate surface area is 118 Å². The van der Waals surface area contributed by atoms with E-state index in [1.54, 1.807) is 16.9 Å². The van der Waals surface area contributed by atoms with E-state index in [1.807, 2.05) is 12.1 Å². The van der Waals surface area contributed by atoms with Gasteiger partial charge in [0.2, 0.25) is 0 Å². The van der Waals surface area contributed by atoms with Crippen molar-refractivity contribution in [3.05, 3.63) is 35.8 Å². The highest BCUT2D eigenvalue weighted by molar-refractivity contribution is 5.59. The van der Waals surface area contributed by atoms with Crippen LogP contribution in [0, 0.1) is 5.82 Å². The van der Waals surface area contributed by atoms with Gasteiger partial charge < -0.3 is 5.32 Å². The van der Waals surface area contributed by atoms with Crippen LogP contribution in [0.1, 0.15) is 31.7 Å². The van der Waals surface area contributed by atoms with Crippen molar-refractivity contribution in [1.29, 1.82) is 0 Å². The molecule has 0 spiro atoms. The first kappa shape index (κ1) is 13.2. The van der Waals surface area contributed by atoms with Gasteiger partial charge in [-0.05, 0) is 37.0 Å². The number of aryl methyl sites for hydroxylation is 1. The van der Waals surface area contributed by atoms with E-state index in [1.165, 1.54) is 12.8 Å². The number of nitrogens with zero attached hydrogens (tertiary/aromatic N) is 3. The molecule has 1 fully saturated rings. The predicted octanol–water partition coefficient (Wildman–Crippen LogP) is 2.75. The SMILES string of the molecule is CCCn1nncc1-c1ccc(CNC2CC2)cc1F. The molecule has 0 unspecified atom stereocenters. The van der Waals surface area contributed by atoms with Gasteiger partial charge in [-0.3, -0.25) is 0 Å². The molecule has 0 bridgehead atoms. The molecule has 1 heterocycles. The Hall–Kier alpha value is -1.75. The molecule has 5 heteroatoms. The second-order valence-corrected chi connectivity index (χ2v) is 5.31. The van der Waals surface area contributed by atoms with Gasteiger partial charge in [0.05, 0.1) is 11.9 Å². The summed E-state index contributed by atoms with van der Waals surface area (Å²) in [6, 6.07) is 6.03. The highest BCUT2D eigenvalue weighted by atomic mass is 19.1. The van der Waals surface area contributed by atoms with E-state index >= 15 is 0 Å². The Morgan fingerprint density at radius 2 is 2.25 bits per heavy atom. The predicted molar refractivity (Wildman–Crippen MR) is 75.6 cm³/mol. The van der Waals surface area contributed by atoms with E-state index in [-0.39, 0.29) is 5.82 Å². The summed E-state index contributed by atoms with van der Waals surface area (Å²) in [6.45, 7) is 3.54. The number of aromatic nitrogens is 3. The first-order valence-corrected chi connectivity index (χ1v) is 7.18. The molecule has 1 aromatic heterocycles. The zero-order valence-electron chi connectivity index (χ0n) is 11.6. The van der Waals surface area contributed by atoms with Crippen molar-refractivity contribution in [2.45, 2.75) is 45.3 Å². The van der Waals surface area contributed by atoms with E-state index in [0.29, 0.717) is 11.6 Å². The molecule has 0 aliphatic heterocycles.